The Hall–Kier alpha value is -4.20. The van der Waals surface area contributed by atoms with E-state index in [9.17, 15) is 14.9 Å². The van der Waals surface area contributed by atoms with Crippen LogP contribution >= 0.6 is 11.3 Å². The van der Waals surface area contributed by atoms with Gasteiger partial charge in [-0.1, -0.05) is 36.4 Å². The fourth-order valence-electron chi connectivity index (χ4n) is 6.38. The smallest absolute Gasteiger partial charge is 0.272 e. The van der Waals surface area contributed by atoms with Gasteiger partial charge in [-0.15, -0.1) is 11.3 Å². The first-order valence-electron chi connectivity index (χ1n) is 13.6. The number of hydrogen-bond acceptors (Lipinski definition) is 7. The third kappa shape index (κ3) is 5.07. The van der Waals surface area contributed by atoms with Crippen LogP contribution in [0.15, 0.2) is 66.4 Å². The van der Waals surface area contributed by atoms with Crippen molar-refractivity contribution in [2.75, 3.05) is 20.3 Å². The molecule has 1 aliphatic carbocycles. The number of aromatic nitrogens is 2. The van der Waals surface area contributed by atoms with Crippen LogP contribution in [-0.2, 0) is 16.1 Å². The second kappa shape index (κ2) is 10.7. The van der Waals surface area contributed by atoms with Crippen molar-refractivity contribution in [1.29, 1.82) is 5.26 Å². The number of methoxy groups -OCH3 is 1. The summed E-state index contributed by atoms with van der Waals surface area (Å²) in [6.45, 7) is 3.43. The summed E-state index contributed by atoms with van der Waals surface area (Å²) in [7, 11) is 1.50. The Kier molecular flexibility index (Phi) is 7.01. The zero-order valence-corrected chi connectivity index (χ0v) is 23.8. The monoisotopic (exact) mass is 569 g/mol. The maximum absolute atomic E-state index is 14.4. The molecule has 10 heteroatoms. The van der Waals surface area contributed by atoms with Crippen LogP contribution in [-0.4, -0.2) is 52.0 Å². The number of rotatable bonds is 10. The Balaban J connectivity index is 1.40. The van der Waals surface area contributed by atoms with Crippen LogP contribution in [0.1, 0.15) is 59.4 Å². The van der Waals surface area contributed by atoms with Crippen LogP contribution in [0.5, 0.6) is 5.75 Å². The summed E-state index contributed by atoms with van der Waals surface area (Å²) in [6, 6.07) is 15.7. The van der Waals surface area contributed by atoms with E-state index in [1.807, 2.05) is 30.3 Å². The van der Waals surface area contributed by atoms with E-state index in [-0.39, 0.29) is 22.8 Å². The number of thiazole rings is 1. The van der Waals surface area contributed by atoms with Gasteiger partial charge in [0.1, 0.15) is 28.6 Å². The maximum Gasteiger partial charge on any atom is 0.272 e. The number of benzene rings is 2. The van der Waals surface area contributed by atoms with Gasteiger partial charge in [0.05, 0.1) is 37.1 Å². The highest BCUT2D eigenvalue weighted by atomic mass is 32.1. The third-order valence-electron chi connectivity index (χ3n) is 8.27. The van der Waals surface area contributed by atoms with Crippen molar-refractivity contribution in [1.82, 2.24) is 19.6 Å². The quantitative estimate of drug-likeness (QED) is 0.296. The van der Waals surface area contributed by atoms with Gasteiger partial charge >= 0.3 is 0 Å². The van der Waals surface area contributed by atoms with E-state index in [4.69, 9.17) is 9.47 Å². The van der Waals surface area contributed by atoms with E-state index in [1.54, 1.807) is 45.4 Å². The summed E-state index contributed by atoms with van der Waals surface area (Å²) in [6.07, 6.45) is 5.91. The predicted octanol–water partition coefficient (Wildman–Crippen LogP) is 4.74. The van der Waals surface area contributed by atoms with Gasteiger partial charge in [0.2, 0.25) is 5.91 Å². The highest BCUT2D eigenvalue weighted by Crippen LogP contribution is 2.59. The lowest BCUT2D eigenvalue weighted by Gasteiger charge is -2.44. The number of nitrogens with zero attached hydrogens (tertiary/aromatic N) is 4. The van der Waals surface area contributed by atoms with Crippen molar-refractivity contribution in [2.45, 2.75) is 44.4 Å². The standard InChI is InChI=1S/C31H31N5O4S/c1-30-17-31(18-30,19-40-30)10-11-35(29(38)24-16-41-26-15-33-20-36(24)26)27(23-9-8-22(13-32)12-25(23)39-2)28(37)34-14-21-6-4-3-5-7-21/h3-9,12,15-16,20,27H,10-11,14,17-19H2,1-2H3,(H,34,37). The van der Waals surface area contributed by atoms with Crippen LogP contribution < -0.4 is 10.1 Å². The van der Waals surface area contributed by atoms with Gasteiger partial charge in [-0.05, 0) is 43.9 Å². The molecule has 7 rings (SSSR count). The van der Waals surface area contributed by atoms with Gasteiger partial charge in [0, 0.05) is 29.4 Å². The van der Waals surface area contributed by atoms with Gasteiger partial charge in [-0.25, -0.2) is 4.98 Å². The van der Waals surface area contributed by atoms with Gasteiger partial charge in [-0.3, -0.25) is 14.0 Å². The molecule has 2 aliphatic heterocycles. The minimum atomic E-state index is -1.00. The summed E-state index contributed by atoms with van der Waals surface area (Å²) in [4.78, 5) is 35.2. The van der Waals surface area contributed by atoms with Crippen LogP contribution in [0, 0.1) is 16.7 Å². The Morgan fingerprint density at radius 2 is 2.07 bits per heavy atom. The molecule has 2 amide bonds. The van der Waals surface area contributed by atoms with Gasteiger partial charge in [0.25, 0.3) is 5.91 Å². The van der Waals surface area contributed by atoms with Crippen LogP contribution in [0.3, 0.4) is 0 Å². The number of nitriles is 1. The minimum absolute atomic E-state index is 0.00787. The molecular formula is C31H31N5O4S. The van der Waals surface area contributed by atoms with Crippen LogP contribution in [0.25, 0.3) is 4.83 Å². The van der Waals surface area contributed by atoms with E-state index in [0.717, 1.165) is 23.2 Å². The van der Waals surface area contributed by atoms with E-state index in [2.05, 4.69) is 23.3 Å². The molecule has 9 nitrogen and oxygen atoms in total. The van der Waals surface area contributed by atoms with Gasteiger partial charge in [0.15, 0.2) is 0 Å². The fourth-order valence-corrected chi connectivity index (χ4v) is 7.21. The molecule has 0 radical (unpaired) electrons. The number of fused-ring (bicyclic) bond motifs is 2. The third-order valence-corrected chi connectivity index (χ3v) is 9.15. The van der Waals surface area contributed by atoms with Gasteiger partial charge < -0.3 is 19.7 Å². The molecule has 210 valence electrons. The van der Waals surface area contributed by atoms with Gasteiger partial charge in [-0.2, -0.15) is 5.26 Å². The summed E-state index contributed by atoms with van der Waals surface area (Å²) in [5, 5.41) is 14.4. The van der Waals surface area contributed by atoms with Crippen LogP contribution in [0.2, 0.25) is 0 Å². The molecule has 3 aliphatic rings. The number of nitrogens with one attached hydrogen (secondary N) is 1. The first kappa shape index (κ1) is 27.0. The Morgan fingerprint density at radius 1 is 1.27 bits per heavy atom. The highest BCUT2D eigenvalue weighted by molar-refractivity contribution is 7.15. The average molecular weight is 570 g/mol. The van der Waals surface area contributed by atoms with Crippen molar-refractivity contribution in [3.8, 4) is 11.8 Å². The molecule has 2 saturated heterocycles. The molecule has 2 bridgehead atoms. The molecule has 2 aromatic carbocycles. The lowest BCUT2D eigenvalue weighted by molar-refractivity contribution is -0.126. The van der Waals surface area contributed by atoms with E-state index < -0.39 is 6.04 Å². The van der Waals surface area contributed by atoms with Crippen molar-refractivity contribution in [3.05, 3.63) is 88.8 Å². The second-order valence-electron chi connectivity index (χ2n) is 11.2. The summed E-state index contributed by atoms with van der Waals surface area (Å²) >= 11 is 1.42. The number of hydrogen-bond donors (Lipinski definition) is 1. The topological polar surface area (TPSA) is 109 Å². The van der Waals surface area contributed by atoms with Crippen molar-refractivity contribution in [2.24, 2.45) is 5.41 Å². The SMILES string of the molecule is COc1cc(C#N)ccc1C(C(=O)NCc1ccccc1)N(CCC12COC(C)(C1)C2)C(=O)c1csc2cncn12. The maximum atomic E-state index is 14.4. The Morgan fingerprint density at radius 3 is 2.78 bits per heavy atom. The van der Waals surface area contributed by atoms with E-state index >= 15 is 0 Å². The zero-order valence-electron chi connectivity index (χ0n) is 23.0. The lowest BCUT2D eigenvalue weighted by Crippen LogP contribution is -2.48. The molecule has 3 fully saturated rings. The average Bonchev–Trinajstić information content (AvgIpc) is 3.74. The molecule has 0 spiro atoms. The molecule has 4 aromatic rings. The highest BCUT2D eigenvalue weighted by Gasteiger charge is 2.59. The van der Waals surface area contributed by atoms with E-state index in [0.29, 0.717) is 48.7 Å². The Bertz CT molecular complexity index is 1630. The number of carbonyl (C=O) groups excluding carboxylic acids is 2. The number of carbonyl (C=O) groups is 2. The molecule has 1 N–H and O–H groups in total. The molecule has 1 unspecified atom stereocenters. The zero-order chi connectivity index (χ0) is 28.6. The van der Waals surface area contributed by atoms with E-state index in [1.165, 1.54) is 18.4 Å². The summed E-state index contributed by atoms with van der Waals surface area (Å²) in [5.74, 6) is -0.239. The molecule has 1 atom stereocenters. The fraction of sp³-hybridized carbons (Fsp3) is 0.355. The number of imidazole rings is 1. The number of amides is 2. The lowest BCUT2D eigenvalue weighted by atomic mass is 9.61. The normalized spacial score (nSPS) is 21.6. The van der Waals surface area contributed by atoms with Crippen LogP contribution in [0.4, 0.5) is 0 Å². The molecule has 4 heterocycles. The summed E-state index contributed by atoms with van der Waals surface area (Å²) in [5.41, 5.74) is 2.20. The molecule has 1 saturated carbocycles. The van der Waals surface area contributed by atoms with Crippen molar-refractivity contribution >= 4 is 28.0 Å². The molecular weight excluding hydrogens is 538 g/mol. The molecule has 41 heavy (non-hydrogen) atoms. The summed E-state index contributed by atoms with van der Waals surface area (Å²) < 4.78 is 13.5. The number of ether oxygens (including phenoxy) is 2. The van der Waals surface area contributed by atoms with Crippen molar-refractivity contribution < 1.29 is 19.1 Å². The largest absolute Gasteiger partial charge is 0.496 e. The predicted molar refractivity (Wildman–Crippen MR) is 153 cm³/mol. The first-order chi connectivity index (χ1) is 19.8. The minimum Gasteiger partial charge on any atom is -0.496 e. The van der Waals surface area contributed by atoms with Crippen molar-refractivity contribution in [3.63, 3.8) is 0 Å². The second-order valence-corrected chi connectivity index (χ2v) is 12.1. The Labute approximate surface area is 242 Å². The molecule has 2 aromatic heterocycles. The first-order valence-corrected chi connectivity index (χ1v) is 14.5.